The maximum absolute atomic E-state index is 13.4. The molecule has 4 rings (SSSR count). The summed E-state index contributed by atoms with van der Waals surface area (Å²) in [7, 11) is 0. The first-order chi connectivity index (χ1) is 14.1. The minimum atomic E-state index is -2.00. The third-order valence-corrected chi connectivity index (χ3v) is 6.57. The molecule has 4 fully saturated rings. The van der Waals surface area contributed by atoms with Crippen molar-refractivity contribution in [3.05, 3.63) is 0 Å². The number of ether oxygens (including phenoxy) is 3. The highest BCUT2D eigenvalue weighted by molar-refractivity contribution is 6.04. The van der Waals surface area contributed by atoms with E-state index in [1.807, 2.05) is 0 Å². The maximum atomic E-state index is 13.4. The molecular formula is C23H33O8-. The van der Waals surface area contributed by atoms with Crippen molar-refractivity contribution in [1.82, 2.24) is 0 Å². The van der Waals surface area contributed by atoms with Crippen molar-refractivity contribution in [2.75, 3.05) is 0 Å². The summed E-state index contributed by atoms with van der Waals surface area (Å²) in [6.45, 7) is 9.66. The first-order valence-electron chi connectivity index (χ1n) is 11.0. The molecule has 0 aromatic rings. The van der Waals surface area contributed by atoms with Gasteiger partial charge in [0.05, 0.1) is 5.97 Å². The highest BCUT2D eigenvalue weighted by Gasteiger charge is 2.63. The lowest BCUT2D eigenvalue weighted by Gasteiger charge is -2.59. The molecule has 0 aromatic heterocycles. The molecule has 0 spiro atoms. The minimum Gasteiger partial charge on any atom is -0.549 e. The van der Waals surface area contributed by atoms with Crippen molar-refractivity contribution in [3.8, 4) is 0 Å². The predicted molar refractivity (Wildman–Crippen MR) is 106 cm³/mol. The van der Waals surface area contributed by atoms with E-state index in [0.29, 0.717) is 37.5 Å². The quantitative estimate of drug-likeness (QED) is 0.363. The fraction of sp³-hybridized carbons (Fsp3) is 0.826. The van der Waals surface area contributed by atoms with E-state index in [1.54, 1.807) is 41.5 Å². The highest BCUT2D eigenvalue weighted by atomic mass is 16.6. The molecule has 31 heavy (non-hydrogen) atoms. The minimum absolute atomic E-state index is 0.398. The van der Waals surface area contributed by atoms with Crippen molar-refractivity contribution in [2.45, 2.75) is 91.0 Å². The Morgan fingerprint density at radius 1 is 0.774 bits per heavy atom. The number of carbonyl (C=O) groups excluding carboxylic acids is 4. The van der Waals surface area contributed by atoms with Gasteiger partial charge >= 0.3 is 17.9 Å². The SMILES string of the molecule is CC(C)(C)OC(=O)C(OC(=O)C1(C(=O)[O-])C2CC3CC(C2)CC1C3)C(=O)OC(C)(C)C. The van der Waals surface area contributed by atoms with Crippen molar-refractivity contribution in [2.24, 2.45) is 29.1 Å². The summed E-state index contributed by atoms with van der Waals surface area (Å²) < 4.78 is 15.9. The molecule has 0 heterocycles. The van der Waals surface area contributed by atoms with Crippen molar-refractivity contribution < 1.29 is 38.5 Å². The molecule has 0 amide bonds. The number of carboxylic acids is 1. The van der Waals surface area contributed by atoms with Gasteiger partial charge in [0.2, 0.25) is 0 Å². The van der Waals surface area contributed by atoms with E-state index in [0.717, 1.165) is 6.42 Å². The van der Waals surface area contributed by atoms with Crippen LogP contribution in [0.5, 0.6) is 0 Å². The van der Waals surface area contributed by atoms with E-state index >= 15 is 0 Å². The molecular weight excluding hydrogens is 404 g/mol. The Kier molecular flexibility index (Phi) is 5.91. The third-order valence-electron chi connectivity index (χ3n) is 6.57. The van der Waals surface area contributed by atoms with E-state index in [2.05, 4.69) is 0 Å². The van der Waals surface area contributed by atoms with Crippen LogP contribution in [0.4, 0.5) is 0 Å². The molecule has 0 saturated heterocycles. The van der Waals surface area contributed by atoms with E-state index in [4.69, 9.17) is 14.2 Å². The summed E-state index contributed by atoms with van der Waals surface area (Å²) in [5.41, 5.74) is -3.74. The molecule has 8 heteroatoms. The van der Waals surface area contributed by atoms with Crippen LogP contribution >= 0.6 is 0 Å². The number of hydrogen-bond donors (Lipinski definition) is 0. The van der Waals surface area contributed by atoms with Gasteiger partial charge < -0.3 is 24.1 Å². The van der Waals surface area contributed by atoms with Gasteiger partial charge in [0.25, 0.3) is 6.10 Å². The average molecular weight is 438 g/mol. The molecule has 4 aliphatic carbocycles. The van der Waals surface area contributed by atoms with Gasteiger partial charge in [-0.05, 0) is 97.3 Å². The Hall–Kier alpha value is -2.12. The summed E-state index contributed by atoms with van der Waals surface area (Å²) in [5, 5.41) is 12.4. The van der Waals surface area contributed by atoms with Gasteiger partial charge in [-0.3, -0.25) is 4.79 Å². The zero-order valence-corrected chi connectivity index (χ0v) is 19.2. The summed E-state index contributed by atoms with van der Waals surface area (Å²) >= 11 is 0. The van der Waals surface area contributed by atoms with Gasteiger partial charge in [-0.25, -0.2) is 9.59 Å². The van der Waals surface area contributed by atoms with E-state index < -0.39 is 58.4 Å². The normalized spacial score (nSPS) is 32.0. The summed E-state index contributed by atoms with van der Waals surface area (Å²) in [4.78, 5) is 51.2. The number of rotatable bonds is 5. The zero-order chi connectivity index (χ0) is 23.4. The molecule has 174 valence electrons. The summed E-state index contributed by atoms with van der Waals surface area (Å²) in [6.07, 6.45) is 1.50. The maximum Gasteiger partial charge on any atom is 0.359 e. The van der Waals surface area contributed by atoms with E-state index in [1.165, 1.54) is 0 Å². The third kappa shape index (κ3) is 4.58. The monoisotopic (exact) mass is 437 g/mol. The molecule has 0 aromatic carbocycles. The Morgan fingerprint density at radius 2 is 1.16 bits per heavy atom. The van der Waals surface area contributed by atoms with Gasteiger partial charge in [0.1, 0.15) is 16.6 Å². The highest BCUT2D eigenvalue weighted by Crippen LogP contribution is 2.62. The van der Waals surface area contributed by atoms with Gasteiger partial charge in [0.15, 0.2) is 0 Å². The first-order valence-corrected chi connectivity index (χ1v) is 11.0. The van der Waals surface area contributed by atoms with Crippen LogP contribution in [0.25, 0.3) is 0 Å². The first kappa shape index (κ1) is 23.5. The second kappa shape index (κ2) is 7.78. The van der Waals surface area contributed by atoms with E-state index in [9.17, 15) is 24.3 Å². The van der Waals surface area contributed by atoms with Crippen LogP contribution in [-0.2, 0) is 33.4 Å². The number of carbonyl (C=O) groups is 4. The van der Waals surface area contributed by atoms with Crippen LogP contribution in [0.1, 0.15) is 73.6 Å². The zero-order valence-electron chi connectivity index (χ0n) is 19.2. The fourth-order valence-electron chi connectivity index (χ4n) is 5.79. The van der Waals surface area contributed by atoms with Crippen LogP contribution in [-0.4, -0.2) is 41.2 Å². The van der Waals surface area contributed by atoms with Gasteiger partial charge in [-0.2, -0.15) is 0 Å². The van der Waals surface area contributed by atoms with Crippen LogP contribution in [0.2, 0.25) is 0 Å². The number of aliphatic carboxylic acids is 1. The standard InChI is InChI=1S/C23H34O8/c1-21(2,3)30-17(24)16(18(25)31-22(4,5)6)29-20(28)23(19(26)27)14-8-12-7-13(10-14)11-15(23)9-12/h12-16H,7-11H2,1-6H3,(H,26,27)/p-1. The van der Waals surface area contributed by atoms with Gasteiger partial charge in [0, 0.05) is 0 Å². The lowest BCUT2D eigenvalue weighted by Crippen LogP contribution is -2.65. The Labute approximate surface area is 183 Å². The molecule has 0 aliphatic heterocycles. The second-order valence-corrected chi connectivity index (χ2v) is 11.3. The Bertz CT molecular complexity index is 713. The molecule has 4 saturated carbocycles. The summed E-state index contributed by atoms with van der Waals surface area (Å²) in [5.74, 6) is -4.80. The van der Waals surface area contributed by atoms with Gasteiger partial charge in [-0.1, -0.05) is 0 Å². The van der Waals surface area contributed by atoms with Gasteiger partial charge in [-0.15, -0.1) is 0 Å². The molecule has 4 bridgehead atoms. The number of esters is 3. The lowest BCUT2D eigenvalue weighted by atomic mass is 9.45. The topological polar surface area (TPSA) is 119 Å². The Morgan fingerprint density at radius 3 is 1.48 bits per heavy atom. The largest absolute Gasteiger partial charge is 0.549 e. The van der Waals surface area contributed by atoms with Crippen molar-refractivity contribution in [3.63, 3.8) is 0 Å². The number of carboxylic acid groups (broad SMARTS) is 1. The lowest BCUT2D eigenvalue weighted by molar-refractivity contribution is -0.330. The van der Waals surface area contributed by atoms with Crippen LogP contribution in [0.15, 0.2) is 0 Å². The molecule has 0 unspecified atom stereocenters. The average Bonchev–Trinajstić information content (AvgIpc) is 2.55. The van der Waals surface area contributed by atoms with Crippen molar-refractivity contribution in [1.29, 1.82) is 0 Å². The molecule has 4 aliphatic rings. The number of hydrogen-bond acceptors (Lipinski definition) is 8. The molecule has 0 radical (unpaired) electrons. The Balaban J connectivity index is 1.90. The fourth-order valence-corrected chi connectivity index (χ4v) is 5.79. The second-order valence-electron chi connectivity index (χ2n) is 11.3. The smallest absolute Gasteiger partial charge is 0.359 e. The van der Waals surface area contributed by atoms with Crippen LogP contribution in [0.3, 0.4) is 0 Å². The van der Waals surface area contributed by atoms with Crippen LogP contribution in [0, 0.1) is 29.1 Å². The molecule has 0 atom stereocenters. The summed E-state index contributed by atoms with van der Waals surface area (Å²) in [6, 6.07) is 0. The van der Waals surface area contributed by atoms with Crippen molar-refractivity contribution >= 4 is 23.9 Å². The van der Waals surface area contributed by atoms with E-state index in [-0.39, 0.29) is 0 Å². The predicted octanol–water partition coefficient (Wildman–Crippen LogP) is 1.77. The van der Waals surface area contributed by atoms with Crippen LogP contribution < -0.4 is 5.11 Å². The molecule has 8 nitrogen and oxygen atoms in total. The molecule has 0 N–H and O–H groups in total.